The Hall–Kier alpha value is -2.67. The van der Waals surface area contributed by atoms with Gasteiger partial charge in [-0.1, -0.05) is 17.7 Å². The first-order valence-electron chi connectivity index (χ1n) is 9.19. The Morgan fingerprint density at radius 3 is 2.44 bits per heavy atom. The van der Waals surface area contributed by atoms with E-state index in [9.17, 15) is 9.59 Å². The molecule has 2 amide bonds. The van der Waals surface area contributed by atoms with Gasteiger partial charge in [-0.15, -0.1) is 0 Å². The van der Waals surface area contributed by atoms with E-state index >= 15 is 0 Å². The Labute approximate surface area is 159 Å². The number of amides is 2. The first-order chi connectivity index (χ1) is 12.9. The van der Waals surface area contributed by atoms with Gasteiger partial charge in [-0.05, 0) is 33.0 Å². The molecule has 0 atom stereocenters. The number of benzene rings is 1. The molecule has 1 saturated heterocycles. The third kappa shape index (κ3) is 4.95. The lowest BCUT2D eigenvalue weighted by Crippen LogP contribution is -2.50. The molecular weight excluding hydrogens is 344 g/mol. The number of hydrogen-bond acceptors (Lipinski definition) is 5. The number of aryl methyl sites for hydroxylation is 2. The van der Waals surface area contributed by atoms with Crippen LogP contribution in [-0.2, 0) is 16.0 Å². The lowest BCUT2D eigenvalue weighted by molar-refractivity contribution is -0.134. The van der Waals surface area contributed by atoms with E-state index in [4.69, 9.17) is 4.42 Å². The molecule has 0 aliphatic carbocycles. The van der Waals surface area contributed by atoms with Gasteiger partial charge < -0.3 is 19.5 Å². The number of nitrogens with one attached hydrogen (secondary N) is 1. The normalized spacial score (nSPS) is 15.0. The fraction of sp³-hybridized carbons (Fsp3) is 0.450. The van der Waals surface area contributed by atoms with Gasteiger partial charge in [0.05, 0.1) is 18.7 Å². The first-order valence-corrected chi connectivity index (χ1v) is 9.19. The SMILES string of the molecule is Cc1ccc(-c2nc(CC(=O)NCC(=O)N3CCN(C)CC3)c(C)o2)cc1. The maximum absolute atomic E-state index is 12.2. The summed E-state index contributed by atoms with van der Waals surface area (Å²) in [5.41, 5.74) is 2.63. The van der Waals surface area contributed by atoms with Crippen LogP contribution >= 0.6 is 0 Å². The van der Waals surface area contributed by atoms with E-state index in [0.717, 1.165) is 24.2 Å². The third-order valence-electron chi connectivity index (χ3n) is 4.81. The molecule has 0 saturated carbocycles. The van der Waals surface area contributed by atoms with Crippen molar-refractivity contribution in [3.05, 3.63) is 41.3 Å². The highest BCUT2D eigenvalue weighted by atomic mass is 16.4. The minimum atomic E-state index is -0.232. The molecule has 1 aromatic heterocycles. The summed E-state index contributed by atoms with van der Waals surface area (Å²) in [6, 6.07) is 7.87. The van der Waals surface area contributed by atoms with E-state index in [1.54, 1.807) is 11.8 Å². The van der Waals surface area contributed by atoms with E-state index in [2.05, 4.69) is 15.2 Å². The van der Waals surface area contributed by atoms with Crippen LogP contribution in [0.4, 0.5) is 0 Å². The van der Waals surface area contributed by atoms with Crippen molar-refractivity contribution >= 4 is 11.8 Å². The molecule has 0 spiro atoms. The highest BCUT2D eigenvalue weighted by molar-refractivity contribution is 5.85. The molecule has 0 unspecified atom stereocenters. The number of carbonyl (C=O) groups is 2. The second-order valence-electron chi connectivity index (χ2n) is 7.03. The maximum Gasteiger partial charge on any atom is 0.242 e. The average Bonchev–Trinajstić information content (AvgIpc) is 3.01. The fourth-order valence-corrected chi connectivity index (χ4v) is 2.97. The van der Waals surface area contributed by atoms with Crippen LogP contribution in [-0.4, -0.2) is 66.4 Å². The summed E-state index contributed by atoms with van der Waals surface area (Å²) < 4.78 is 5.70. The van der Waals surface area contributed by atoms with Crippen molar-refractivity contribution in [3.63, 3.8) is 0 Å². The maximum atomic E-state index is 12.2. The van der Waals surface area contributed by atoms with Gasteiger partial charge in [0.15, 0.2) is 0 Å². The van der Waals surface area contributed by atoms with Crippen molar-refractivity contribution in [2.24, 2.45) is 0 Å². The lowest BCUT2D eigenvalue weighted by Gasteiger charge is -2.32. The van der Waals surface area contributed by atoms with E-state index in [0.29, 0.717) is 30.4 Å². The molecule has 1 N–H and O–H groups in total. The van der Waals surface area contributed by atoms with Crippen LogP contribution in [0.3, 0.4) is 0 Å². The van der Waals surface area contributed by atoms with Gasteiger partial charge in [0.25, 0.3) is 0 Å². The minimum absolute atomic E-state index is 0.0181. The molecule has 27 heavy (non-hydrogen) atoms. The minimum Gasteiger partial charge on any atom is -0.441 e. The van der Waals surface area contributed by atoms with Crippen molar-refractivity contribution < 1.29 is 14.0 Å². The number of nitrogens with zero attached hydrogens (tertiary/aromatic N) is 3. The zero-order valence-corrected chi connectivity index (χ0v) is 16.1. The molecule has 2 aromatic rings. The zero-order chi connectivity index (χ0) is 19.4. The molecular formula is C20H26N4O3. The van der Waals surface area contributed by atoms with Crippen molar-refractivity contribution in [3.8, 4) is 11.5 Å². The summed E-state index contributed by atoms with van der Waals surface area (Å²) in [6.45, 7) is 6.96. The van der Waals surface area contributed by atoms with Crippen molar-refractivity contribution in [1.29, 1.82) is 0 Å². The van der Waals surface area contributed by atoms with Crippen molar-refractivity contribution in [2.75, 3.05) is 39.8 Å². The number of likely N-dealkylation sites (N-methyl/N-ethyl adjacent to an activating group) is 1. The monoisotopic (exact) mass is 370 g/mol. The fourth-order valence-electron chi connectivity index (χ4n) is 2.97. The van der Waals surface area contributed by atoms with E-state index in [1.165, 1.54) is 0 Å². The summed E-state index contributed by atoms with van der Waals surface area (Å²) in [7, 11) is 2.04. The molecule has 0 bridgehead atoms. The molecule has 7 nitrogen and oxygen atoms in total. The van der Waals surface area contributed by atoms with Gasteiger partial charge in [0.2, 0.25) is 17.7 Å². The van der Waals surface area contributed by atoms with Crippen molar-refractivity contribution in [1.82, 2.24) is 20.1 Å². The number of rotatable bonds is 5. The Bertz CT molecular complexity index is 805. The quantitative estimate of drug-likeness (QED) is 0.861. The smallest absolute Gasteiger partial charge is 0.242 e. The molecule has 2 heterocycles. The number of hydrogen-bond donors (Lipinski definition) is 1. The Morgan fingerprint density at radius 2 is 1.78 bits per heavy atom. The Morgan fingerprint density at radius 1 is 1.11 bits per heavy atom. The summed E-state index contributed by atoms with van der Waals surface area (Å²) in [5, 5.41) is 2.70. The van der Waals surface area contributed by atoms with E-state index in [1.807, 2.05) is 38.2 Å². The second-order valence-corrected chi connectivity index (χ2v) is 7.03. The van der Waals surface area contributed by atoms with Crippen LogP contribution in [0.1, 0.15) is 17.0 Å². The largest absolute Gasteiger partial charge is 0.441 e. The predicted octanol–water partition coefficient (Wildman–Crippen LogP) is 1.39. The zero-order valence-electron chi connectivity index (χ0n) is 16.1. The summed E-state index contributed by atoms with van der Waals surface area (Å²) in [5.74, 6) is 0.841. The van der Waals surface area contributed by atoms with Gasteiger partial charge in [-0.3, -0.25) is 9.59 Å². The topological polar surface area (TPSA) is 78.7 Å². The Balaban J connectivity index is 1.53. The first kappa shape index (κ1) is 19.1. The van der Waals surface area contributed by atoms with Gasteiger partial charge >= 0.3 is 0 Å². The molecule has 144 valence electrons. The van der Waals surface area contributed by atoms with Crippen LogP contribution in [0.15, 0.2) is 28.7 Å². The highest BCUT2D eigenvalue weighted by Crippen LogP contribution is 2.22. The molecule has 7 heteroatoms. The third-order valence-corrected chi connectivity index (χ3v) is 4.81. The van der Waals surface area contributed by atoms with E-state index in [-0.39, 0.29) is 24.8 Å². The number of carbonyl (C=O) groups excluding carboxylic acids is 2. The van der Waals surface area contributed by atoms with Crippen LogP contribution < -0.4 is 5.32 Å². The number of oxazole rings is 1. The molecule has 1 aromatic carbocycles. The number of piperazine rings is 1. The summed E-state index contributed by atoms with van der Waals surface area (Å²) in [4.78, 5) is 32.8. The average molecular weight is 370 g/mol. The van der Waals surface area contributed by atoms with E-state index < -0.39 is 0 Å². The molecule has 3 rings (SSSR count). The van der Waals surface area contributed by atoms with Gasteiger partial charge in [-0.2, -0.15) is 0 Å². The molecule has 1 fully saturated rings. The van der Waals surface area contributed by atoms with Crippen LogP contribution in [0.25, 0.3) is 11.5 Å². The Kier molecular flexibility index (Phi) is 5.91. The van der Waals surface area contributed by atoms with Crippen LogP contribution in [0.5, 0.6) is 0 Å². The van der Waals surface area contributed by atoms with Crippen LogP contribution in [0.2, 0.25) is 0 Å². The molecule has 0 radical (unpaired) electrons. The van der Waals surface area contributed by atoms with Crippen molar-refractivity contribution in [2.45, 2.75) is 20.3 Å². The predicted molar refractivity (Wildman–Crippen MR) is 102 cm³/mol. The van der Waals surface area contributed by atoms with Gasteiger partial charge in [0, 0.05) is 31.7 Å². The standard InChI is InChI=1S/C20H26N4O3/c1-14-4-6-16(7-5-14)20-22-17(15(2)27-20)12-18(25)21-13-19(26)24-10-8-23(3)9-11-24/h4-7H,8-13H2,1-3H3,(H,21,25). The molecule has 1 aliphatic heterocycles. The summed E-state index contributed by atoms with van der Waals surface area (Å²) >= 11 is 0. The molecule has 1 aliphatic rings. The second kappa shape index (κ2) is 8.35. The summed E-state index contributed by atoms with van der Waals surface area (Å²) in [6.07, 6.45) is 0.0945. The number of aromatic nitrogens is 1. The van der Waals surface area contributed by atoms with Gasteiger partial charge in [-0.25, -0.2) is 4.98 Å². The highest BCUT2D eigenvalue weighted by Gasteiger charge is 2.20. The van der Waals surface area contributed by atoms with Crippen LogP contribution in [0, 0.1) is 13.8 Å². The lowest BCUT2D eigenvalue weighted by atomic mass is 10.1. The van der Waals surface area contributed by atoms with Gasteiger partial charge in [0.1, 0.15) is 5.76 Å².